The molecule has 2 aromatic rings. The summed E-state index contributed by atoms with van der Waals surface area (Å²) in [5.74, 6) is 0.598. The highest BCUT2D eigenvalue weighted by atomic mass is 32.2. The molecule has 0 aliphatic carbocycles. The Morgan fingerprint density at radius 2 is 1.84 bits per heavy atom. The van der Waals surface area contributed by atoms with Crippen molar-refractivity contribution in [2.24, 2.45) is 7.05 Å². The first-order chi connectivity index (χ1) is 15.3. The van der Waals surface area contributed by atoms with Gasteiger partial charge in [0.05, 0.1) is 10.9 Å². The molecule has 0 N–H and O–H groups in total. The van der Waals surface area contributed by atoms with Gasteiger partial charge in [0.2, 0.25) is 0 Å². The molecule has 4 rings (SSSR count). The Morgan fingerprint density at radius 3 is 2.47 bits per heavy atom. The van der Waals surface area contributed by atoms with E-state index in [1.807, 2.05) is 43.3 Å². The molecule has 1 atom stereocenters. The summed E-state index contributed by atoms with van der Waals surface area (Å²) in [6, 6.07) is 11.6. The van der Waals surface area contributed by atoms with E-state index in [1.54, 1.807) is 24.9 Å². The molecule has 6 nitrogen and oxygen atoms in total. The van der Waals surface area contributed by atoms with E-state index in [2.05, 4.69) is 4.90 Å². The molecule has 1 aromatic heterocycles. The predicted octanol–water partition coefficient (Wildman–Crippen LogP) is 4.13. The molecule has 0 bridgehead atoms. The highest BCUT2D eigenvalue weighted by Gasteiger charge is 2.36. The summed E-state index contributed by atoms with van der Waals surface area (Å²) in [6.07, 6.45) is 3.90. The van der Waals surface area contributed by atoms with Gasteiger partial charge in [0.1, 0.15) is 21.8 Å². The molecular formula is C24H24N4O2S2. The van der Waals surface area contributed by atoms with Gasteiger partial charge in [-0.2, -0.15) is 5.26 Å². The van der Waals surface area contributed by atoms with E-state index in [1.165, 1.54) is 16.3 Å². The zero-order chi connectivity index (χ0) is 23.0. The summed E-state index contributed by atoms with van der Waals surface area (Å²) in [6.45, 7) is 5.42. The maximum absolute atomic E-state index is 13.4. The SMILES string of the molecule is Cc1c(C=C2SC(=S)N(C(C)c3ccccc3)C2=O)c(N2CCCC2)n(C)c(=O)c1C#N. The molecular weight excluding hydrogens is 440 g/mol. The molecule has 32 heavy (non-hydrogen) atoms. The monoisotopic (exact) mass is 464 g/mol. The number of rotatable bonds is 4. The maximum atomic E-state index is 13.4. The van der Waals surface area contributed by atoms with Crippen LogP contribution in [0.4, 0.5) is 5.82 Å². The Kier molecular flexibility index (Phi) is 6.22. The van der Waals surface area contributed by atoms with Crippen LogP contribution in [0.25, 0.3) is 6.08 Å². The van der Waals surface area contributed by atoms with Crippen molar-refractivity contribution in [1.82, 2.24) is 9.47 Å². The number of nitriles is 1. The van der Waals surface area contributed by atoms with Crippen LogP contribution in [-0.4, -0.2) is 32.8 Å². The van der Waals surface area contributed by atoms with Crippen LogP contribution in [0.5, 0.6) is 0 Å². The number of hydrogen-bond donors (Lipinski definition) is 0. The third kappa shape index (κ3) is 3.76. The first kappa shape index (κ1) is 22.3. The Hall–Kier alpha value is -2.89. The number of pyridine rings is 1. The molecule has 2 fully saturated rings. The van der Waals surface area contributed by atoms with Gasteiger partial charge in [-0.15, -0.1) is 0 Å². The minimum Gasteiger partial charge on any atom is -0.357 e. The van der Waals surface area contributed by atoms with Crippen LogP contribution in [0, 0.1) is 18.3 Å². The number of carbonyl (C=O) groups is 1. The molecule has 1 amide bonds. The molecule has 2 aliphatic heterocycles. The molecule has 0 spiro atoms. The van der Waals surface area contributed by atoms with Crippen LogP contribution in [-0.2, 0) is 11.8 Å². The fraction of sp³-hybridized carbons (Fsp3) is 0.333. The average molecular weight is 465 g/mol. The smallest absolute Gasteiger partial charge is 0.270 e. The summed E-state index contributed by atoms with van der Waals surface area (Å²) >= 11 is 6.83. The van der Waals surface area contributed by atoms with Crippen molar-refractivity contribution in [2.75, 3.05) is 18.0 Å². The van der Waals surface area contributed by atoms with E-state index in [0.29, 0.717) is 14.8 Å². The number of amides is 1. The van der Waals surface area contributed by atoms with Gasteiger partial charge in [-0.1, -0.05) is 54.3 Å². The van der Waals surface area contributed by atoms with Gasteiger partial charge in [-0.3, -0.25) is 19.1 Å². The number of hydrogen-bond acceptors (Lipinski definition) is 6. The number of nitrogens with zero attached hydrogens (tertiary/aromatic N) is 4. The van der Waals surface area contributed by atoms with Crippen LogP contribution < -0.4 is 10.5 Å². The number of carbonyl (C=O) groups excluding carboxylic acids is 1. The summed E-state index contributed by atoms with van der Waals surface area (Å²) in [5, 5.41) is 9.60. The number of aromatic nitrogens is 1. The van der Waals surface area contributed by atoms with Crippen LogP contribution in [0.15, 0.2) is 40.0 Å². The van der Waals surface area contributed by atoms with E-state index < -0.39 is 0 Å². The second-order valence-corrected chi connectivity index (χ2v) is 9.72. The molecule has 0 radical (unpaired) electrons. The van der Waals surface area contributed by atoms with E-state index >= 15 is 0 Å². The average Bonchev–Trinajstić information content (AvgIpc) is 3.41. The minimum absolute atomic E-state index is 0.106. The van der Waals surface area contributed by atoms with Crippen molar-refractivity contribution >= 4 is 46.1 Å². The largest absolute Gasteiger partial charge is 0.357 e. The van der Waals surface area contributed by atoms with E-state index in [0.717, 1.165) is 42.9 Å². The van der Waals surface area contributed by atoms with Crippen LogP contribution in [0.1, 0.15) is 48.1 Å². The fourth-order valence-corrected chi connectivity index (χ4v) is 5.75. The highest BCUT2D eigenvalue weighted by molar-refractivity contribution is 8.26. The van der Waals surface area contributed by atoms with Crippen molar-refractivity contribution in [1.29, 1.82) is 5.26 Å². The molecule has 1 aromatic carbocycles. The summed E-state index contributed by atoms with van der Waals surface area (Å²) in [5.41, 5.74) is 2.13. The molecule has 2 saturated heterocycles. The molecule has 3 heterocycles. The van der Waals surface area contributed by atoms with Crippen molar-refractivity contribution in [3.8, 4) is 6.07 Å². The topological polar surface area (TPSA) is 69.3 Å². The number of benzene rings is 1. The summed E-state index contributed by atoms with van der Waals surface area (Å²) in [4.78, 5) is 30.5. The van der Waals surface area contributed by atoms with Gasteiger partial charge >= 0.3 is 0 Å². The zero-order valence-corrected chi connectivity index (χ0v) is 19.9. The zero-order valence-electron chi connectivity index (χ0n) is 18.3. The lowest BCUT2D eigenvalue weighted by Gasteiger charge is -2.25. The van der Waals surface area contributed by atoms with E-state index in [4.69, 9.17) is 12.2 Å². The number of thiocarbonyl (C=S) groups is 1. The van der Waals surface area contributed by atoms with Crippen molar-refractivity contribution in [3.63, 3.8) is 0 Å². The van der Waals surface area contributed by atoms with Gasteiger partial charge in [0.25, 0.3) is 11.5 Å². The van der Waals surface area contributed by atoms with Crippen molar-refractivity contribution < 1.29 is 4.79 Å². The summed E-state index contributed by atoms with van der Waals surface area (Å²) in [7, 11) is 1.69. The van der Waals surface area contributed by atoms with Gasteiger partial charge in [0, 0.05) is 25.7 Å². The van der Waals surface area contributed by atoms with Gasteiger partial charge in [0.15, 0.2) is 0 Å². The molecule has 164 valence electrons. The second kappa shape index (κ2) is 8.93. The van der Waals surface area contributed by atoms with Gasteiger partial charge < -0.3 is 4.90 Å². The van der Waals surface area contributed by atoms with Crippen LogP contribution >= 0.6 is 24.0 Å². The Bertz CT molecular complexity index is 1220. The Balaban J connectivity index is 1.81. The van der Waals surface area contributed by atoms with E-state index in [-0.39, 0.29) is 23.1 Å². The first-order valence-corrected chi connectivity index (χ1v) is 11.8. The van der Waals surface area contributed by atoms with Crippen molar-refractivity contribution in [2.45, 2.75) is 32.7 Å². The Labute approximate surface area is 197 Å². The van der Waals surface area contributed by atoms with Gasteiger partial charge in [-0.25, -0.2) is 0 Å². The molecule has 1 unspecified atom stereocenters. The maximum Gasteiger partial charge on any atom is 0.270 e. The standard InChI is InChI=1S/C24H24N4O2S2/c1-15-18(21(27-11-7-8-12-27)26(3)22(29)19(15)14-25)13-20-23(30)28(24(31)32-20)16(2)17-9-5-4-6-10-17/h4-6,9-10,13,16H,7-8,11-12H2,1-3H3. The normalized spacial score (nSPS) is 18.5. The first-order valence-electron chi connectivity index (χ1n) is 10.6. The van der Waals surface area contributed by atoms with Crippen LogP contribution in [0.2, 0.25) is 0 Å². The van der Waals surface area contributed by atoms with Crippen molar-refractivity contribution in [3.05, 3.63) is 67.8 Å². The lowest BCUT2D eigenvalue weighted by atomic mass is 10.0. The lowest BCUT2D eigenvalue weighted by molar-refractivity contribution is -0.123. The predicted molar refractivity (Wildman–Crippen MR) is 132 cm³/mol. The fourth-order valence-electron chi connectivity index (χ4n) is 4.35. The van der Waals surface area contributed by atoms with Crippen LogP contribution in [0.3, 0.4) is 0 Å². The third-order valence-corrected chi connectivity index (χ3v) is 7.47. The molecule has 2 aliphatic rings. The second-order valence-electron chi connectivity index (χ2n) is 8.05. The number of thioether (sulfide) groups is 1. The highest BCUT2D eigenvalue weighted by Crippen LogP contribution is 2.39. The van der Waals surface area contributed by atoms with E-state index in [9.17, 15) is 14.9 Å². The third-order valence-electron chi connectivity index (χ3n) is 6.14. The quantitative estimate of drug-likeness (QED) is 0.501. The Morgan fingerprint density at radius 1 is 1.19 bits per heavy atom. The molecule has 8 heteroatoms. The lowest BCUT2D eigenvalue weighted by Crippen LogP contribution is -2.32. The number of anilines is 1. The molecule has 0 saturated carbocycles. The minimum atomic E-state index is -0.311. The van der Waals surface area contributed by atoms with Gasteiger partial charge in [-0.05, 0) is 43.9 Å². The summed E-state index contributed by atoms with van der Waals surface area (Å²) < 4.78 is 2.04.